The number of nitrogens with zero attached hydrogens (tertiary/aromatic N) is 4. The maximum Gasteiger partial charge on any atom is 0.243 e. The normalized spacial score (nSPS) is 16.8. The van der Waals surface area contributed by atoms with E-state index in [-0.39, 0.29) is 5.92 Å². The molecule has 1 atom stereocenters. The van der Waals surface area contributed by atoms with Crippen LogP contribution in [0.1, 0.15) is 29.5 Å². The average Bonchev–Trinajstić information content (AvgIpc) is 3.23. The van der Waals surface area contributed by atoms with Gasteiger partial charge in [0.05, 0.1) is 21.3 Å². The molecule has 37 heavy (non-hydrogen) atoms. The number of aromatic nitrogens is 3. The molecule has 1 unspecified atom stereocenters. The third kappa shape index (κ3) is 5.14. The topological polar surface area (TPSA) is 79.6 Å². The summed E-state index contributed by atoms with van der Waals surface area (Å²) in [7, 11) is -3.58. The molecule has 1 fully saturated rings. The van der Waals surface area contributed by atoms with Crippen molar-refractivity contribution in [2.24, 2.45) is 5.92 Å². The van der Waals surface area contributed by atoms with E-state index in [1.54, 1.807) is 15.0 Å². The molecule has 2 aromatic carbocycles. The second-order valence-corrected chi connectivity index (χ2v) is 12.9. The highest BCUT2D eigenvalue weighted by Gasteiger charge is 2.32. The summed E-state index contributed by atoms with van der Waals surface area (Å²) < 4.78 is 31.5. The zero-order valence-corrected chi connectivity index (χ0v) is 24.2. The molecule has 7 nitrogen and oxygen atoms in total. The highest BCUT2D eigenvalue weighted by atomic mass is 79.9. The first kappa shape index (κ1) is 26.2. The van der Waals surface area contributed by atoms with Crippen LogP contribution < -0.4 is 5.32 Å². The number of benzene rings is 2. The highest BCUT2D eigenvalue weighted by molar-refractivity contribution is 9.10. The standard InChI is InChI=1S/C27H29BrClN5O2S/c1-17-11-18(2)26(19(3)12-17)37(35,36)33-10-6-7-20(16-33)14-30-25-13-24(21-8-4-5-9-23(21)29)32-27-22(28)15-31-34(25)27/h4-5,8-9,11-13,15,20,30H,6-7,10,14,16H2,1-3H3. The molecule has 0 radical (unpaired) electrons. The molecule has 0 saturated carbocycles. The van der Waals surface area contributed by atoms with Crippen molar-refractivity contribution in [2.45, 2.75) is 38.5 Å². The fourth-order valence-corrected chi connectivity index (χ4v) is 7.78. The Labute approximate surface area is 231 Å². The molecule has 1 saturated heterocycles. The number of hydrogen-bond donors (Lipinski definition) is 1. The van der Waals surface area contributed by atoms with Crippen molar-refractivity contribution in [1.82, 2.24) is 18.9 Å². The number of piperidine rings is 1. The van der Waals surface area contributed by atoms with Crippen LogP contribution in [0.3, 0.4) is 0 Å². The van der Waals surface area contributed by atoms with Gasteiger partial charge in [-0.05, 0) is 72.7 Å². The van der Waals surface area contributed by atoms with Gasteiger partial charge in [0.2, 0.25) is 10.0 Å². The van der Waals surface area contributed by atoms with Gasteiger partial charge in [0.25, 0.3) is 0 Å². The van der Waals surface area contributed by atoms with Crippen LogP contribution in [-0.4, -0.2) is 47.0 Å². The fourth-order valence-electron chi connectivity index (χ4n) is 5.23. The summed E-state index contributed by atoms with van der Waals surface area (Å²) in [5.41, 5.74) is 4.92. The number of anilines is 1. The number of fused-ring (bicyclic) bond motifs is 1. The van der Waals surface area contributed by atoms with Gasteiger partial charge in [0, 0.05) is 36.3 Å². The van der Waals surface area contributed by atoms with Crippen molar-refractivity contribution in [3.05, 3.63) is 74.8 Å². The van der Waals surface area contributed by atoms with Gasteiger partial charge in [-0.15, -0.1) is 0 Å². The first-order valence-electron chi connectivity index (χ1n) is 12.3. The predicted octanol–water partition coefficient (Wildman–Crippen LogP) is 6.25. The van der Waals surface area contributed by atoms with E-state index in [1.807, 2.05) is 63.2 Å². The second-order valence-electron chi connectivity index (χ2n) is 9.71. The van der Waals surface area contributed by atoms with Gasteiger partial charge >= 0.3 is 0 Å². The smallest absolute Gasteiger partial charge is 0.243 e. The third-order valence-corrected chi connectivity index (χ3v) is 9.90. The van der Waals surface area contributed by atoms with E-state index in [4.69, 9.17) is 16.6 Å². The fraction of sp³-hybridized carbons (Fsp3) is 0.333. The summed E-state index contributed by atoms with van der Waals surface area (Å²) in [5, 5.41) is 8.60. The zero-order chi connectivity index (χ0) is 26.3. The van der Waals surface area contributed by atoms with E-state index in [2.05, 4.69) is 26.3 Å². The van der Waals surface area contributed by atoms with Gasteiger partial charge < -0.3 is 5.32 Å². The van der Waals surface area contributed by atoms with Crippen molar-refractivity contribution in [1.29, 1.82) is 0 Å². The lowest BCUT2D eigenvalue weighted by Gasteiger charge is -2.33. The second kappa shape index (κ2) is 10.4. The monoisotopic (exact) mass is 601 g/mol. The van der Waals surface area contributed by atoms with Gasteiger partial charge in [-0.25, -0.2) is 13.4 Å². The van der Waals surface area contributed by atoms with Crippen LogP contribution >= 0.6 is 27.5 Å². The van der Waals surface area contributed by atoms with E-state index in [1.165, 1.54) is 0 Å². The Hall–Kier alpha value is -2.46. The van der Waals surface area contributed by atoms with Gasteiger partial charge in [-0.2, -0.15) is 13.9 Å². The molecule has 1 aliphatic heterocycles. The lowest BCUT2D eigenvalue weighted by Crippen LogP contribution is -2.42. The molecule has 3 heterocycles. The lowest BCUT2D eigenvalue weighted by molar-refractivity contribution is 0.275. The Morgan fingerprint density at radius 1 is 1.14 bits per heavy atom. The maximum atomic E-state index is 13.6. The molecular weight excluding hydrogens is 574 g/mol. The minimum atomic E-state index is -3.58. The van der Waals surface area contributed by atoms with Gasteiger partial charge in [-0.3, -0.25) is 0 Å². The summed E-state index contributed by atoms with van der Waals surface area (Å²) in [5.74, 6) is 0.927. The van der Waals surface area contributed by atoms with E-state index < -0.39 is 10.0 Å². The van der Waals surface area contributed by atoms with Crippen molar-refractivity contribution < 1.29 is 8.42 Å². The van der Waals surface area contributed by atoms with E-state index in [0.29, 0.717) is 35.2 Å². The number of nitrogens with one attached hydrogen (secondary N) is 1. The van der Waals surface area contributed by atoms with Crippen LogP contribution in [0.15, 0.2) is 58.0 Å². The molecule has 0 bridgehead atoms. The maximum absolute atomic E-state index is 13.6. The molecule has 0 amide bonds. The molecule has 0 spiro atoms. The molecular formula is C27H29BrClN5O2S. The van der Waals surface area contributed by atoms with Crippen LogP contribution in [0.5, 0.6) is 0 Å². The van der Waals surface area contributed by atoms with E-state index >= 15 is 0 Å². The van der Waals surface area contributed by atoms with Gasteiger partial charge in [0.1, 0.15) is 5.82 Å². The molecule has 4 aromatic rings. The van der Waals surface area contributed by atoms with Crippen LogP contribution in [-0.2, 0) is 10.0 Å². The first-order chi connectivity index (χ1) is 17.6. The lowest BCUT2D eigenvalue weighted by atomic mass is 10.00. The largest absolute Gasteiger partial charge is 0.370 e. The Kier molecular flexibility index (Phi) is 7.33. The van der Waals surface area contributed by atoms with Crippen LogP contribution in [0.25, 0.3) is 16.9 Å². The van der Waals surface area contributed by atoms with Crippen molar-refractivity contribution >= 4 is 49.0 Å². The van der Waals surface area contributed by atoms with E-state index in [9.17, 15) is 8.42 Å². The zero-order valence-electron chi connectivity index (χ0n) is 21.0. The summed E-state index contributed by atoms with van der Waals surface area (Å²) in [6, 6.07) is 13.4. The van der Waals surface area contributed by atoms with Crippen LogP contribution in [0.2, 0.25) is 5.02 Å². The number of sulfonamides is 1. The molecule has 0 aliphatic carbocycles. The SMILES string of the molecule is Cc1cc(C)c(S(=O)(=O)N2CCCC(CNc3cc(-c4ccccc4Cl)nc4c(Br)cnn34)C2)c(C)c1. The minimum Gasteiger partial charge on any atom is -0.370 e. The van der Waals surface area contributed by atoms with Crippen molar-refractivity contribution in [3.63, 3.8) is 0 Å². The number of aryl methyl sites for hydroxylation is 3. The number of rotatable bonds is 6. The first-order valence-corrected chi connectivity index (χ1v) is 14.9. The van der Waals surface area contributed by atoms with Crippen LogP contribution in [0.4, 0.5) is 5.82 Å². The molecule has 194 valence electrons. The summed E-state index contributed by atoms with van der Waals surface area (Å²) in [6.45, 7) is 7.36. The Bertz CT molecular complexity index is 1560. The summed E-state index contributed by atoms with van der Waals surface area (Å²) in [4.78, 5) is 5.20. The highest BCUT2D eigenvalue weighted by Crippen LogP contribution is 2.32. The average molecular weight is 603 g/mol. The predicted molar refractivity (Wildman–Crippen MR) is 152 cm³/mol. The minimum absolute atomic E-state index is 0.153. The van der Waals surface area contributed by atoms with Gasteiger partial charge in [-0.1, -0.05) is 47.5 Å². The molecule has 5 rings (SSSR count). The molecule has 1 N–H and O–H groups in total. The van der Waals surface area contributed by atoms with Crippen molar-refractivity contribution in [3.8, 4) is 11.3 Å². The van der Waals surface area contributed by atoms with Crippen LogP contribution in [0, 0.1) is 26.7 Å². The Morgan fingerprint density at radius 3 is 2.59 bits per heavy atom. The number of halogens is 2. The van der Waals surface area contributed by atoms with Gasteiger partial charge in [0.15, 0.2) is 5.65 Å². The quantitative estimate of drug-likeness (QED) is 0.282. The summed E-state index contributed by atoms with van der Waals surface area (Å²) in [6.07, 6.45) is 3.48. The Morgan fingerprint density at radius 2 is 1.86 bits per heavy atom. The molecule has 1 aliphatic rings. The molecule has 2 aromatic heterocycles. The van der Waals surface area contributed by atoms with Crippen molar-refractivity contribution in [2.75, 3.05) is 25.0 Å². The van der Waals surface area contributed by atoms with E-state index in [0.717, 1.165) is 51.1 Å². The molecule has 10 heteroatoms. The number of hydrogen-bond acceptors (Lipinski definition) is 5. The summed E-state index contributed by atoms with van der Waals surface area (Å²) >= 11 is 10.00. The Balaban J connectivity index is 1.39. The third-order valence-electron chi connectivity index (χ3n) is 6.83.